The summed E-state index contributed by atoms with van der Waals surface area (Å²) in [6.07, 6.45) is 1.30. The van der Waals surface area contributed by atoms with Crippen LogP contribution in [0.3, 0.4) is 0 Å². The average Bonchev–Trinajstić information content (AvgIpc) is 1.85. The van der Waals surface area contributed by atoms with Gasteiger partial charge in [-0.2, -0.15) is 0 Å². The number of amidine groups is 1. The summed E-state index contributed by atoms with van der Waals surface area (Å²) in [5, 5.41) is 0. The Balaban J connectivity index is 4.26. The minimum Gasteiger partial charge on any atom is -0.387 e. The zero-order valence-electron chi connectivity index (χ0n) is 8.35. The molecule has 0 aromatic carbocycles. The number of aliphatic imine (C=N–C) groups is 1. The van der Waals surface area contributed by atoms with Crippen molar-refractivity contribution in [1.29, 1.82) is 0 Å². The fourth-order valence-electron chi connectivity index (χ4n) is 0.572. The molecule has 0 rings (SSSR count). The largest absolute Gasteiger partial charge is 0.387 e. The highest BCUT2D eigenvalue weighted by Crippen LogP contribution is 2.12. The molecule has 70 valence electrons. The minimum atomic E-state index is -0.205. The molecule has 1 amide bonds. The number of hydrogen-bond acceptors (Lipinski definition) is 1. The second-order valence-electron chi connectivity index (χ2n) is 3.89. The first-order chi connectivity index (χ1) is 5.38. The summed E-state index contributed by atoms with van der Waals surface area (Å²) in [6, 6.07) is 0. The van der Waals surface area contributed by atoms with Crippen molar-refractivity contribution in [3.63, 3.8) is 0 Å². The third kappa shape index (κ3) is 4.11. The number of rotatable bonds is 2. The van der Waals surface area contributed by atoms with E-state index in [-0.39, 0.29) is 11.3 Å². The van der Waals surface area contributed by atoms with Crippen molar-refractivity contribution >= 4 is 11.7 Å². The molecule has 0 saturated carbocycles. The lowest BCUT2D eigenvalue weighted by Gasteiger charge is -2.16. The van der Waals surface area contributed by atoms with Crippen LogP contribution in [0.15, 0.2) is 4.99 Å². The molecular formula is C9H18N2O. The number of carbonyl (C=O) groups excluding carboxylic acids is 1. The van der Waals surface area contributed by atoms with Gasteiger partial charge in [-0.3, -0.25) is 4.79 Å². The van der Waals surface area contributed by atoms with Gasteiger partial charge in [-0.25, -0.2) is 4.99 Å². The predicted molar refractivity (Wildman–Crippen MR) is 51.0 cm³/mol. The molecule has 12 heavy (non-hydrogen) atoms. The SMILES string of the molecule is CCCC(=O)N=C(N)C(C)(C)C. The van der Waals surface area contributed by atoms with Crippen LogP contribution in [-0.2, 0) is 4.79 Å². The maximum Gasteiger partial charge on any atom is 0.247 e. The zero-order valence-corrected chi connectivity index (χ0v) is 8.35. The Morgan fingerprint density at radius 3 is 2.25 bits per heavy atom. The van der Waals surface area contributed by atoms with Crippen LogP contribution in [-0.4, -0.2) is 11.7 Å². The summed E-state index contributed by atoms with van der Waals surface area (Å²) >= 11 is 0. The number of nitrogens with two attached hydrogens (primary N) is 1. The molecule has 0 unspecified atom stereocenters. The van der Waals surface area contributed by atoms with Crippen molar-refractivity contribution in [3.8, 4) is 0 Å². The van der Waals surface area contributed by atoms with Crippen molar-refractivity contribution in [3.05, 3.63) is 0 Å². The topological polar surface area (TPSA) is 55.5 Å². The molecule has 0 heterocycles. The van der Waals surface area contributed by atoms with E-state index in [9.17, 15) is 4.79 Å². The lowest BCUT2D eigenvalue weighted by Crippen LogP contribution is -2.29. The molecule has 0 aromatic rings. The van der Waals surface area contributed by atoms with Gasteiger partial charge >= 0.3 is 0 Å². The average molecular weight is 170 g/mol. The standard InChI is InChI=1S/C9H18N2O/c1-5-6-7(12)11-8(10)9(2,3)4/h5-6H2,1-4H3,(H2,10,11,12). The van der Waals surface area contributed by atoms with Crippen LogP contribution in [0, 0.1) is 5.41 Å². The summed E-state index contributed by atoms with van der Waals surface area (Å²) < 4.78 is 0. The number of hydrogen-bond donors (Lipinski definition) is 1. The van der Waals surface area contributed by atoms with Gasteiger partial charge in [-0.15, -0.1) is 0 Å². The molecule has 0 fully saturated rings. The van der Waals surface area contributed by atoms with Crippen LogP contribution in [0.25, 0.3) is 0 Å². The molecule has 0 radical (unpaired) electrons. The highest BCUT2D eigenvalue weighted by Gasteiger charge is 2.16. The zero-order chi connectivity index (χ0) is 9.78. The van der Waals surface area contributed by atoms with Crippen LogP contribution in [0.5, 0.6) is 0 Å². The van der Waals surface area contributed by atoms with E-state index in [1.54, 1.807) is 0 Å². The van der Waals surface area contributed by atoms with Gasteiger partial charge in [-0.1, -0.05) is 27.7 Å². The molecule has 2 N–H and O–H groups in total. The van der Waals surface area contributed by atoms with E-state index in [0.717, 1.165) is 6.42 Å². The molecular weight excluding hydrogens is 152 g/mol. The monoisotopic (exact) mass is 170 g/mol. The van der Waals surface area contributed by atoms with E-state index >= 15 is 0 Å². The summed E-state index contributed by atoms with van der Waals surface area (Å²) in [6.45, 7) is 7.75. The molecule has 3 heteroatoms. The fourth-order valence-corrected chi connectivity index (χ4v) is 0.572. The molecule has 0 aliphatic heterocycles. The summed E-state index contributed by atoms with van der Waals surface area (Å²) in [5.74, 6) is 0.297. The molecule has 0 atom stereocenters. The number of amides is 1. The molecule has 0 aliphatic carbocycles. The van der Waals surface area contributed by atoms with Gasteiger partial charge in [-0.05, 0) is 6.42 Å². The first kappa shape index (κ1) is 11.1. The minimum absolute atomic E-state index is 0.120. The van der Waals surface area contributed by atoms with Gasteiger partial charge in [0, 0.05) is 11.8 Å². The van der Waals surface area contributed by atoms with Crippen LogP contribution in [0.4, 0.5) is 0 Å². The highest BCUT2D eigenvalue weighted by atomic mass is 16.1. The molecule has 0 saturated heterocycles. The Kier molecular flexibility index (Phi) is 3.93. The third-order valence-electron chi connectivity index (χ3n) is 1.48. The van der Waals surface area contributed by atoms with Crippen molar-refractivity contribution in [2.45, 2.75) is 40.5 Å². The predicted octanol–water partition coefficient (Wildman–Crippen LogP) is 1.72. The summed E-state index contributed by atoms with van der Waals surface area (Å²) in [5.41, 5.74) is 5.41. The third-order valence-corrected chi connectivity index (χ3v) is 1.48. The molecule has 3 nitrogen and oxygen atoms in total. The number of carbonyl (C=O) groups is 1. The molecule has 0 aliphatic rings. The molecule has 0 bridgehead atoms. The lowest BCUT2D eigenvalue weighted by atomic mass is 9.95. The smallest absolute Gasteiger partial charge is 0.247 e. The normalized spacial score (nSPS) is 13.2. The van der Waals surface area contributed by atoms with E-state index in [4.69, 9.17) is 5.73 Å². The molecule has 0 aromatic heterocycles. The number of nitrogens with zero attached hydrogens (tertiary/aromatic N) is 1. The quantitative estimate of drug-likeness (QED) is 0.506. The highest BCUT2D eigenvalue weighted by molar-refractivity contribution is 5.96. The van der Waals surface area contributed by atoms with Crippen LogP contribution >= 0.6 is 0 Å². The fraction of sp³-hybridized carbons (Fsp3) is 0.778. The summed E-state index contributed by atoms with van der Waals surface area (Å²) in [7, 11) is 0. The van der Waals surface area contributed by atoms with Crippen LogP contribution in [0.1, 0.15) is 40.5 Å². The Morgan fingerprint density at radius 2 is 1.92 bits per heavy atom. The second-order valence-corrected chi connectivity index (χ2v) is 3.89. The Hall–Kier alpha value is -0.860. The van der Waals surface area contributed by atoms with Gasteiger partial charge in [0.2, 0.25) is 5.91 Å². The Bertz CT molecular complexity index is 189. The van der Waals surface area contributed by atoms with Gasteiger partial charge < -0.3 is 5.73 Å². The van der Waals surface area contributed by atoms with E-state index in [0.29, 0.717) is 12.3 Å². The second kappa shape index (κ2) is 4.24. The van der Waals surface area contributed by atoms with E-state index in [2.05, 4.69) is 4.99 Å². The van der Waals surface area contributed by atoms with Crippen LogP contribution < -0.4 is 5.73 Å². The maximum atomic E-state index is 11.0. The van der Waals surface area contributed by atoms with Gasteiger partial charge in [0.1, 0.15) is 5.84 Å². The van der Waals surface area contributed by atoms with E-state index < -0.39 is 0 Å². The Labute approximate surface area is 74.1 Å². The maximum absolute atomic E-state index is 11.0. The van der Waals surface area contributed by atoms with Gasteiger partial charge in [0.15, 0.2) is 0 Å². The van der Waals surface area contributed by atoms with Crippen molar-refractivity contribution < 1.29 is 4.79 Å². The van der Waals surface area contributed by atoms with E-state index in [1.165, 1.54) is 0 Å². The van der Waals surface area contributed by atoms with Gasteiger partial charge in [0.05, 0.1) is 0 Å². The van der Waals surface area contributed by atoms with Crippen molar-refractivity contribution in [1.82, 2.24) is 0 Å². The first-order valence-corrected chi connectivity index (χ1v) is 4.25. The van der Waals surface area contributed by atoms with Crippen molar-refractivity contribution in [2.24, 2.45) is 16.1 Å². The first-order valence-electron chi connectivity index (χ1n) is 4.25. The Morgan fingerprint density at radius 1 is 1.42 bits per heavy atom. The summed E-state index contributed by atoms with van der Waals surface area (Å²) in [4.78, 5) is 14.8. The van der Waals surface area contributed by atoms with E-state index in [1.807, 2.05) is 27.7 Å². The van der Waals surface area contributed by atoms with Crippen molar-refractivity contribution in [2.75, 3.05) is 0 Å². The van der Waals surface area contributed by atoms with Crippen LogP contribution in [0.2, 0.25) is 0 Å². The molecule has 0 spiro atoms. The lowest BCUT2D eigenvalue weighted by molar-refractivity contribution is -0.117. The van der Waals surface area contributed by atoms with Gasteiger partial charge in [0.25, 0.3) is 0 Å².